The lowest BCUT2D eigenvalue weighted by atomic mass is 10.2. The minimum atomic E-state index is -1.30. The molecule has 1 aromatic carbocycles. The molecule has 2 atom stereocenters. The monoisotopic (exact) mass is 256 g/mol. The molecule has 94 valence electrons. The lowest BCUT2D eigenvalue weighted by Crippen LogP contribution is -2.21. The van der Waals surface area contributed by atoms with Gasteiger partial charge in [-0.3, -0.25) is 9.00 Å². The number of hydrogen-bond acceptors (Lipinski definition) is 4. The zero-order valence-corrected chi connectivity index (χ0v) is 10.7. The first kappa shape index (κ1) is 13.9. The van der Waals surface area contributed by atoms with Gasteiger partial charge in [0, 0.05) is 4.90 Å². The summed E-state index contributed by atoms with van der Waals surface area (Å²) < 4.78 is 16.3. The van der Waals surface area contributed by atoms with E-state index in [2.05, 4.69) is 4.74 Å². The van der Waals surface area contributed by atoms with E-state index in [1.54, 1.807) is 12.1 Å². The molecular weight excluding hydrogens is 240 g/mol. The lowest BCUT2D eigenvalue weighted by molar-refractivity contribution is -0.142. The van der Waals surface area contributed by atoms with Crippen molar-refractivity contribution >= 4 is 16.8 Å². The van der Waals surface area contributed by atoms with Crippen molar-refractivity contribution in [1.82, 2.24) is 0 Å². The van der Waals surface area contributed by atoms with E-state index in [1.807, 2.05) is 19.1 Å². The molecule has 0 spiro atoms. The number of carbonyl (C=O) groups excluding carboxylic acids is 1. The highest BCUT2D eigenvalue weighted by atomic mass is 32.2. The van der Waals surface area contributed by atoms with Crippen molar-refractivity contribution in [2.24, 2.45) is 0 Å². The van der Waals surface area contributed by atoms with E-state index < -0.39 is 22.9 Å². The van der Waals surface area contributed by atoms with Gasteiger partial charge in [-0.2, -0.15) is 0 Å². The minimum absolute atomic E-state index is 0.0398. The SMILES string of the molecule is COC(=O)C[C@@H](O)CS(=O)c1ccc(C)cc1. The Balaban J connectivity index is 2.54. The number of aliphatic hydroxyl groups is 1. The number of benzene rings is 1. The highest BCUT2D eigenvalue weighted by molar-refractivity contribution is 7.85. The van der Waals surface area contributed by atoms with Crippen molar-refractivity contribution in [2.75, 3.05) is 12.9 Å². The van der Waals surface area contributed by atoms with E-state index >= 15 is 0 Å². The van der Waals surface area contributed by atoms with Gasteiger partial charge in [0.15, 0.2) is 0 Å². The predicted molar refractivity (Wildman–Crippen MR) is 65.1 cm³/mol. The van der Waals surface area contributed by atoms with E-state index in [1.165, 1.54) is 7.11 Å². The highest BCUT2D eigenvalue weighted by Gasteiger charge is 2.15. The van der Waals surface area contributed by atoms with Crippen LogP contribution in [0.1, 0.15) is 12.0 Å². The Bertz CT molecular complexity index is 399. The topological polar surface area (TPSA) is 63.6 Å². The maximum atomic E-state index is 11.8. The number of rotatable bonds is 5. The Kier molecular flexibility index (Phi) is 5.31. The number of methoxy groups -OCH3 is 1. The molecule has 0 aliphatic rings. The molecular formula is C12H16O4S. The number of aliphatic hydroxyl groups excluding tert-OH is 1. The molecule has 0 aromatic heterocycles. The average molecular weight is 256 g/mol. The summed E-state index contributed by atoms with van der Waals surface area (Å²) in [6.07, 6.45) is -1.07. The fourth-order valence-corrected chi connectivity index (χ4v) is 2.40. The van der Waals surface area contributed by atoms with Crippen molar-refractivity contribution < 1.29 is 18.8 Å². The molecule has 0 aliphatic carbocycles. The van der Waals surface area contributed by atoms with Crippen molar-refractivity contribution in [3.63, 3.8) is 0 Å². The number of aryl methyl sites for hydroxylation is 1. The van der Waals surface area contributed by atoms with Crippen LogP contribution >= 0.6 is 0 Å². The van der Waals surface area contributed by atoms with Crippen LogP contribution in [0.15, 0.2) is 29.2 Å². The van der Waals surface area contributed by atoms with Gasteiger partial charge in [-0.15, -0.1) is 0 Å². The van der Waals surface area contributed by atoms with Gasteiger partial charge in [0.05, 0.1) is 36.2 Å². The number of hydrogen-bond donors (Lipinski definition) is 1. The Morgan fingerprint density at radius 2 is 2.00 bits per heavy atom. The van der Waals surface area contributed by atoms with Crippen LogP contribution in [-0.4, -0.2) is 34.3 Å². The van der Waals surface area contributed by atoms with Crippen molar-refractivity contribution in [3.8, 4) is 0 Å². The first-order chi connectivity index (χ1) is 8.02. The van der Waals surface area contributed by atoms with Crippen LogP contribution in [0.2, 0.25) is 0 Å². The van der Waals surface area contributed by atoms with E-state index in [0.717, 1.165) is 5.56 Å². The van der Waals surface area contributed by atoms with Crippen LogP contribution in [0.5, 0.6) is 0 Å². The van der Waals surface area contributed by atoms with Crippen molar-refractivity contribution in [3.05, 3.63) is 29.8 Å². The smallest absolute Gasteiger partial charge is 0.308 e. The van der Waals surface area contributed by atoms with Crippen LogP contribution in [0.25, 0.3) is 0 Å². The lowest BCUT2D eigenvalue weighted by Gasteiger charge is -2.09. The molecule has 0 heterocycles. The van der Waals surface area contributed by atoms with E-state index in [4.69, 9.17) is 0 Å². The predicted octanol–water partition coefficient (Wildman–Crippen LogP) is 1.03. The molecule has 0 bridgehead atoms. The molecule has 0 radical (unpaired) electrons. The zero-order chi connectivity index (χ0) is 12.8. The summed E-state index contributed by atoms with van der Waals surface area (Å²) >= 11 is 0. The summed E-state index contributed by atoms with van der Waals surface area (Å²) in [6, 6.07) is 7.24. The van der Waals surface area contributed by atoms with Gasteiger partial charge in [-0.1, -0.05) is 17.7 Å². The minimum Gasteiger partial charge on any atom is -0.469 e. The molecule has 0 aliphatic heterocycles. The average Bonchev–Trinajstić information content (AvgIpc) is 2.29. The van der Waals surface area contributed by atoms with Crippen molar-refractivity contribution in [1.29, 1.82) is 0 Å². The number of esters is 1. The molecule has 0 saturated heterocycles. The fraction of sp³-hybridized carbons (Fsp3) is 0.417. The zero-order valence-electron chi connectivity index (χ0n) is 9.88. The van der Waals surface area contributed by atoms with Crippen LogP contribution in [0.3, 0.4) is 0 Å². The Hall–Kier alpha value is -1.20. The molecule has 1 unspecified atom stereocenters. The van der Waals surface area contributed by atoms with Gasteiger partial charge in [0.2, 0.25) is 0 Å². The van der Waals surface area contributed by atoms with E-state index in [-0.39, 0.29) is 12.2 Å². The second kappa shape index (κ2) is 6.51. The Morgan fingerprint density at radius 1 is 1.41 bits per heavy atom. The molecule has 1 N–H and O–H groups in total. The molecule has 1 aromatic rings. The van der Waals surface area contributed by atoms with E-state index in [0.29, 0.717) is 4.90 Å². The van der Waals surface area contributed by atoms with Crippen LogP contribution < -0.4 is 0 Å². The van der Waals surface area contributed by atoms with Gasteiger partial charge in [0.25, 0.3) is 0 Å². The molecule has 17 heavy (non-hydrogen) atoms. The summed E-state index contributed by atoms with van der Waals surface area (Å²) in [7, 11) is -0.0420. The standard InChI is InChI=1S/C12H16O4S/c1-9-3-5-11(6-4-9)17(15)8-10(13)7-12(14)16-2/h3-6,10,13H,7-8H2,1-2H3/t10-,17?/m1/s1. The van der Waals surface area contributed by atoms with Crippen molar-refractivity contribution in [2.45, 2.75) is 24.3 Å². The highest BCUT2D eigenvalue weighted by Crippen LogP contribution is 2.10. The molecule has 1 rings (SSSR count). The molecule has 0 fully saturated rings. The summed E-state index contributed by atoms with van der Waals surface area (Å²) in [5.41, 5.74) is 1.08. The van der Waals surface area contributed by atoms with Crippen LogP contribution in [0, 0.1) is 6.92 Å². The van der Waals surface area contributed by atoms with Gasteiger partial charge in [-0.05, 0) is 19.1 Å². The quantitative estimate of drug-likeness (QED) is 0.799. The first-order valence-corrected chi connectivity index (χ1v) is 6.54. The Labute approximate surface area is 103 Å². The van der Waals surface area contributed by atoms with Crippen LogP contribution in [0.4, 0.5) is 0 Å². The molecule has 0 amide bonds. The normalized spacial score (nSPS) is 14.1. The maximum absolute atomic E-state index is 11.8. The summed E-state index contributed by atoms with van der Waals surface area (Å²) in [6.45, 7) is 1.94. The van der Waals surface area contributed by atoms with Gasteiger partial charge in [-0.25, -0.2) is 0 Å². The Morgan fingerprint density at radius 3 is 2.53 bits per heavy atom. The summed E-state index contributed by atoms with van der Waals surface area (Å²) in [5.74, 6) is -0.462. The molecule has 0 saturated carbocycles. The second-order valence-electron chi connectivity index (χ2n) is 3.76. The third-order valence-corrected chi connectivity index (χ3v) is 3.74. The maximum Gasteiger partial charge on any atom is 0.308 e. The number of ether oxygens (including phenoxy) is 1. The summed E-state index contributed by atoms with van der Waals surface area (Å²) in [5, 5.41) is 9.54. The largest absolute Gasteiger partial charge is 0.469 e. The third-order valence-electron chi connectivity index (χ3n) is 2.26. The van der Waals surface area contributed by atoms with Gasteiger partial charge in [0.1, 0.15) is 0 Å². The first-order valence-electron chi connectivity index (χ1n) is 5.23. The van der Waals surface area contributed by atoms with E-state index in [9.17, 15) is 14.1 Å². The molecule has 4 nitrogen and oxygen atoms in total. The third kappa shape index (κ3) is 4.66. The van der Waals surface area contributed by atoms with Crippen LogP contribution in [-0.2, 0) is 20.3 Å². The van der Waals surface area contributed by atoms with Gasteiger partial charge < -0.3 is 9.84 Å². The second-order valence-corrected chi connectivity index (χ2v) is 5.26. The molecule has 5 heteroatoms. The number of carbonyl (C=O) groups is 1. The summed E-state index contributed by atoms with van der Waals surface area (Å²) in [4.78, 5) is 11.6. The van der Waals surface area contributed by atoms with Gasteiger partial charge >= 0.3 is 5.97 Å². The fourth-order valence-electron chi connectivity index (χ4n) is 1.30.